The molecule has 2 N–H and O–H groups in total. The topological polar surface area (TPSA) is 105 Å². The first-order valence-electron chi connectivity index (χ1n) is 7.93. The van der Waals surface area contributed by atoms with E-state index in [2.05, 4.69) is 15.5 Å². The van der Waals surface area contributed by atoms with Crippen LogP contribution in [0.25, 0.3) is 0 Å². The minimum atomic E-state index is -0.453. The number of aromatic nitrogens is 2. The number of aliphatic hydroxyl groups excluding tert-OH is 1. The van der Waals surface area contributed by atoms with Crippen molar-refractivity contribution in [2.24, 2.45) is 5.92 Å². The largest absolute Gasteiger partial charge is 0.497 e. The Balaban J connectivity index is 1.62. The Labute approximate surface area is 158 Å². The van der Waals surface area contributed by atoms with Crippen LogP contribution in [0.2, 0.25) is 0 Å². The van der Waals surface area contributed by atoms with Crippen LogP contribution >= 0.6 is 23.1 Å². The fraction of sp³-hybridized carbons (Fsp3) is 0.375. The normalized spacial score (nSPS) is 16.8. The van der Waals surface area contributed by atoms with Crippen LogP contribution in [0, 0.1) is 5.92 Å². The van der Waals surface area contributed by atoms with Gasteiger partial charge < -0.3 is 20.1 Å². The Morgan fingerprint density at radius 2 is 2.35 bits per heavy atom. The van der Waals surface area contributed by atoms with Crippen LogP contribution < -0.4 is 15.0 Å². The zero-order valence-electron chi connectivity index (χ0n) is 14.0. The summed E-state index contributed by atoms with van der Waals surface area (Å²) in [7, 11) is 1.57. The maximum atomic E-state index is 12.5. The third-order valence-corrected chi connectivity index (χ3v) is 5.77. The number of carbonyl (C=O) groups is 2. The van der Waals surface area contributed by atoms with Crippen molar-refractivity contribution in [3.8, 4) is 5.75 Å². The van der Waals surface area contributed by atoms with Gasteiger partial charge in [0.25, 0.3) is 0 Å². The van der Waals surface area contributed by atoms with Crippen molar-refractivity contribution in [1.29, 1.82) is 0 Å². The molecule has 3 rings (SSSR count). The minimum Gasteiger partial charge on any atom is -0.497 e. The lowest BCUT2D eigenvalue weighted by Crippen LogP contribution is -2.28. The van der Waals surface area contributed by atoms with Crippen LogP contribution in [-0.4, -0.2) is 53.1 Å². The first kappa shape index (κ1) is 18.6. The van der Waals surface area contributed by atoms with Crippen LogP contribution in [0.5, 0.6) is 5.75 Å². The molecule has 0 radical (unpaired) electrons. The summed E-state index contributed by atoms with van der Waals surface area (Å²) in [6.45, 7) is 0.360. The lowest BCUT2D eigenvalue weighted by molar-refractivity contribution is -0.122. The summed E-state index contributed by atoms with van der Waals surface area (Å²) in [5, 5.41) is 19.8. The van der Waals surface area contributed by atoms with E-state index in [0.717, 1.165) is 0 Å². The average molecular weight is 394 g/mol. The molecule has 1 aromatic heterocycles. The zero-order valence-corrected chi connectivity index (χ0v) is 15.7. The molecule has 26 heavy (non-hydrogen) atoms. The minimum absolute atomic E-state index is 0.0518. The number of carbonyl (C=O) groups excluding carboxylic acids is 2. The van der Waals surface area contributed by atoms with Gasteiger partial charge in [-0.3, -0.25) is 9.59 Å². The standard InChI is InChI=1S/C16H18N4O4S2/c1-24-12-4-2-3-11(8-12)20-9-10(7-13(20)22)14(23)17-15-18-19-16(26-15)25-6-5-21/h2-4,8,10,21H,5-7,9H2,1H3,(H,17,18,23)/t10-/m1/s1. The van der Waals surface area contributed by atoms with Crippen LogP contribution in [0.3, 0.4) is 0 Å². The Hall–Kier alpha value is -2.17. The molecular formula is C16H18N4O4S2. The van der Waals surface area contributed by atoms with Crippen molar-refractivity contribution in [3.63, 3.8) is 0 Å². The van der Waals surface area contributed by atoms with Crippen LogP contribution in [0.15, 0.2) is 28.6 Å². The number of nitrogens with zero attached hydrogens (tertiary/aromatic N) is 3. The van der Waals surface area contributed by atoms with Crippen molar-refractivity contribution >= 4 is 45.7 Å². The molecule has 1 atom stereocenters. The molecule has 1 aliphatic heterocycles. The molecule has 1 fully saturated rings. The fourth-order valence-corrected chi connectivity index (χ4v) is 4.14. The van der Waals surface area contributed by atoms with Gasteiger partial charge in [0.05, 0.1) is 19.6 Å². The first-order chi connectivity index (χ1) is 12.6. The lowest BCUT2D eigenvalue weighted by atomic mass is 10.1. The summed E-state index contributed by atoms with van der Waals surface area (Å²) in [4.78, 5) is 26.4. The van der Waals surface area contributed by atoms with Gasteiger partial charge in [0.15, 0.2) is 4.34 Å². The van der Waals surface area contributed by atoms with Gasteiger partial charge in [-0.25, -0.2) is 0 Å². The fourth-order valence-electron chi connectivity index (χ4n) is 2.57. The number of hydrogen-bond acceptors (Lipinski definition) is 8. The van der Waals surface area contributed by atoms with Gasteiger partial charge in [-0.2, -0.15) is 0 Å². The number of rotatable bonds is 7. The highest BCUT2D eigenvalue weighted by Gasteiger charge is 2.35. The maximum Gasteiger partial charge on any atom is 0.231 e. The predicted molar refractivity (Wildman–Crippen MR) is 99.8 cm³/mol. The van der Waals surface area contributed by atoms with E-state index in [4.69, 9.17) is 9.84 Å². The first-order valence-corrected chi connectivity index (χ1v) is 9.73. The molecule has 0 aliphatic carbocycles. The van der Waals surface area contributed by atoms with E-state index in [9.17, 15) is 9.59 Å². The molecule has 0 bridgehead atoms. The molecule has 8 nitrogen and oxygen atoms in total. The number of amides is 2. The number of aliphatic hydroxyl groups is 1. The van der Waals surface area contributed by atoms with Gasteiger partial charge in [-0.15, -0.1) is 10.2 Å². The van der Waals surface area contributed by atoms with Crippen LogP contribution in [0.1, 0.15) is 6.42 Å². The van der Waals surface area contributed by atoms with E-state index in [1.54, 1.807) is 24.1 Å². The van der Waals surface area contributed by atoms with E-state index in [-0.39, 0.29) is 24.8 Å². The molecule has 1 aliphatic rings. The Kier molecular flexibility index (Phi) is 6.07. The quantitative estimate of drug-likeness (QED) is 0.543. The SMILES string of the molecule is COc1cccc(N2C[C@H](C(=O)Nc3nnc(SCCO)s3)CC2=O)c1. The highest BCUT2D eigenvalue weighted by molar-refractivity contribution is 8.01. The van der Waals surface area contributed by atoms with Gasteiger partial charge in [-0.1, -0.05) is 29.2 Å². The van der Waals surface area contributed by atoms with Gasteiger partial charge in [0.1, 0.15) is 5.75 Å². The van der Waals surface area contributed by atoms with Crippen molar-refractivity contribution in [3.05, 3.63) is 24.3 Å². The molecule has 0 unspecified atom stereocenters. The molecule has 0 spiro atoms. The lowest BCUT2D eigenvalue weighted by Gasteiger charge is -2.17. The number of hydrogen-bond donors (Lipinski definition) is 2. The zero-order chi connectivity index (χ0) is 18.5. The van der Waals surface area contributed by atoms with E-state index in [0.29, 0.717) is 33.2 Å². The van der Waals surface area contributed by atoms with Crippen molar-refractivity contribution in [2.45, 2.75) is 10.8 Å². The number of anilines is 2. The summed E-state index contributed by atoms with van der Waals surface area (Å²) in [6.07, 6.45) is 0.147. The molecule has 1 aromatic carbocycles. The second kappa shape index (κ2) is 8.47. The smallest absolute Gasteiger partial charge is 0.231 e. The summed E-state index contributed by atoms with van der Waals surface area (Å²) in [5.74, 6) is 0.374. The second-order valence-corrected chi connectivity index (χ2v) is 7.86. The van der Waals surface area contributed by atoms with Gasteiger partial charge in [0, 0.05) is 30.5 Å². The molecule has 2 heterocycles. The Morgan fingerprint density at radius 3 is 3.12 bits per heavy atom. The third kappa shape index (κ3) is 4.32. The highest BCUT2D eigenvalue weighted by Crippen LogP contribution is 2.29. The summed E-state index contributed by atoms with van der Waals surface area (Å²) < 4.78 is 5.86. The van der Waals surface area contributed by atoms with Crippen LogP contribution in [-0.2, 0) is 9.59 Å². The van der Waals surface area contributed by atoms with Crippen LogP contribution in [0.4, 0.5) is 10.8 Å². The second-order valence-electron chi connectivity index (χ2n) is 5.54. The van der Waals surface area contributed by atoms with Gasteiger partial charge in [-0.05, 0) is 12.1 Å². The molecule has 2 aromatic rings. The van der Waals surface area contributed by atoms with Gasteiger partial charge >= 0.3 is 0 Å². The number of methoxy groups -OCH3 is 1. The summed E-state index contributed by atoms with van der Waals surface area (Å²) in [6, 6.07) is 7.20. The third-order valence-electron chi connectivity index (χ3n) is 3.81. The van der Waals surface area contributed by atoms with E-state index < -0.39 is 5.92 Å². The molecule has 10 heteroatoms. The molecule has 2 amide bonds. The predicted octanol–water partition coefficient (Wildman–Crippen LogP) is 1.62. The summed E-state index contributed by atoms with van der Waals surface area (Å²) in [5.41, 5.74) is 0.711. The van der Waals surface area contributed by atoms with Crippen molar-refractivity contribution in [2.75, 3.05) is 36.2 Å². The Morgan fingerprint density at radius 1 is 1.50 bits per heavy atom. The highest BCUT2D eigenvalue weighted by atomic mass is 32.2. The van der Waals surface area contributed by atoms with E-state index in [1.165, 1.54) is 23.1 Å². The molecular weight excluding hydrogens is 376 g/mol. The summed E-state index contributed by atoms with van der Waals surface area (Å²) >= 11 is 2.62. The molecule has 1 saturated heterocycles. The molecule has 138 valence electrons. The van der Waals surface area contributed by atoms with Crippen molar-refractivity contribution in [1.82, 2.24) is 10.2 Å². The Bertz CT molecular complexity index is 798. The maximum absolute atomic E-state index is 12.5. The van der Waals surface area contributed by atoms with E-state index in [1.807, 2.05) is 12.1 Å². The monoisotopic (exact) mass is 394 g/mol. The number of benzene rings is 1. The number of thioether (sulfide) groups is 1. The van der Waals surface area contributed by atoms with E-state index >= 15 is 0 Å². The van der Waals surface area contributed by atoms with Gasteiger partial charge in [0.2, 0.25) is 16.9 Å². The average Bonchev–Trinajstić information content (AvgIpc) is 3.26. The van der Waals surface area contributed by atoms with Crippen molar-refractivity contribution < 1.29 is 19.4 Å². The number of nitrogens with one attached hydrogen (secondary N) is 1. The number of ether oxygens (including phenoxy) is 1. The molecule has 0 saturated carbocycles.